The lowest BCUT2D eigenvalue weighted by Gasteiger charge is -2.09. The Bertz CT molecular complexity index is 1350. The second-order valence-corrected chi connectivity index (χ2v) is 9.62. The maximum atomic E-state index is 6.24. The van der Waals surface area contributed by atoms with Crippen LogP contribution in [0.15, 0.2) is 91.0 Å². The highest BCUT2D eigenvalue weighted by atomic mass is 79.9. The Hall–Kier alpha value is -1.94. The van der Waals surface area contributed by atoms with E-state index in [2.05, 4.69) is 103 Å². The second-order valence-electron chi connectivity index (χ2n) is 7.36. The van der Waals surface area contributed by atoms with Crippen molar-refractivity contribution in [1.29, 1.82) is 0 Å². The van der Waals surface area contributed by atoms with Crippen LogP contribution in [0.2, 0.25) is 5.02 Å². The van der Waals surface area contributed by atoms with Gasteiger partial charge in [0.2, 0.25) is 0 Å². The third-order valence-corrected chi connectivity index (χ3v) is 7.79. The van der Waals surface area contributed by atoms with Crippen molar-refractivity contribution in [3.05, 3.63) is 96.0 Å². The summed E-state index contributed by atoms with van der Waals surface area (Å²) >= 11 is 14.1. The van der Waals surface area contributed by atoms with E-state index < -0.39 is 0 Å². The van der Waals surface area contributed by atoms with Crippen molar-refractivity contribution in [3.63, 3.8) is 0 Å². The molecule has 5 rings (SSSR count). The van der Waals surface area contributed by atoms with Crippen LogP contribution in [-0.4, -0.2) is 16.1 Å². The van der Waals surface area contributed by atoms with Gasteiger partial charge in [0.25, 0.3) is 11.1 Å². The van der Waals surface area contributed by atoms with Crippen molar-refractivity contribution in [2.75, 3.05) is 0 Å². The number of hydrogen-bond donors (Lipinski definition) is 1. The van der Waals surface area contributed by atoms with Crippen molar-refractivity contribution >= 4 is 97.8 Å². The van der Waals surface area contributed by atoms with Crippen LogP contribution in [0, 0.1) is 0 Å². The number of nitrogens with one attached hydrogen (secondary N) is 1. The molecule has 0 aliphatic rings. The topological polar surface area (TPSA) is 15.8 Å². The third-order valence-electron chi connectivity index (χ3n) is 5.51. The van der Waals surface area contributed by atoms with Crippen molar-refractivity contribution in [2.45, 2.75) is 0 Å². The quantitative estimate of drug-likeness (QED) is 0.313. The molecule has 1 heterocycles. The molecule has 1 aromatic heterocycles. The molecule has 1 nitrogen and oxygen atoms in total. The van der Waals surface area contributed by atoms with Gasteiger partial charge in [-0.25, -0.2) is 0 Å². The van der Waals surface area contributed by atoms with Crippen molar-refractivity contribution in [3.8, 4) is 0 Å². The second kappa shape index (κ2) is 8.30. The smallest absolute Gasteiger partial charge is 0.289 e. The summed E-state index contributed by atoms with van der Waals surface area (Å²) in [6, 6.07) is 31.5. The number of H-pyrrole nitrogens is 1. The Morgan fingerprint density at radius 2 is 1.13 bits per heavy atom. The molecule has 0 saturated heterocycles. The van der Waals surface area contributed by atoms with Crippen molar-refractivity contribution in [2.24, 2.45) is 0 Å². The van der Waals surface area contributed by atoms with Crippen LogP contribution in [0.1, 0.15) is 0 Å². The fourth-order valence-corrected chi connectivity index (χ4v) is 5.61. The number of aromatic amines is 1. The maximum absolute atomic E-state index is 6.24. The molecule has 6 heteroatoms. The number of fused-ring (bicyclic) bond motifs is 3. The first-order chi connectivity index (χ1) is 14.6. The maximum Gasteiger partial charge on any atom is 0.289 e. The number of para-hydroxylation sites is 2. The first-order valence-electron chi connectivity index (χ1n) is 9.75. The van der Waals surface area contributed by atoms with Gasteiger partial charge in [-0.1, -0.05) is 101 Å². The fraction of sp³-hybridized carbons (Fsp3) is 0. The van der Waals surface area contributed by atoms with E-state index in [0.717, 1.165) is 21.5 Å². The fourth-order valence-electron chi connectivity index (χ4n) is 4.06. The van der Waals surface area contributed by atoms with Gasteiger partial charge in [0.1, 0.15) is 0 Å². The molecule has 0 radical (unpaired) electrons. The lowest BCUT2D eigenvalue weighted by atomic mass is 9.62. The van der Waals surface area contributed by atoms with Gasteiger partial charge >= 0.3 is 0 Å². The SMILES string of the molecule is Clc1cccc(B(Br)c2cccc3c2[nH]c2c(B(Br)c4ccccc4)cccc23)c1. The van der Waals surface area contributed by atoms with Crippen molar-refractivity contribution < 1.29 is 0 Å². The van der Waals surface area contributed by atoms with E-state index >= 15 is 0 Å². The van der Waals surface area contributed by atoms with Gasteiger partial charge in [-0.2, -0.15) is 0 Å². The minimum atomic E-state index is 0.0466. The molecule has 0 saturated carbocycles. The molecule has 0 fully saturated rings. The molecule has 0 spiro atoms. The van der Waals surface area contributed by atoms with E-state index in [1.165, 1.54) is 27.2 Å². The summed E-state index contributed by atoms with van der Waals surface area (Å²) in [6.07, 6.45) is 0. The summed E-state index contributed by atoms with van der Waals surface area (Å²) in [6.45, 7) is 0. The average Bonchev–Trinajstić information content (AvgIpc) is 3.18. The molecular weight excluding hydrogens is 519 g/mol. The van der Waals surface area contributed by atoms with Crippen LogP contribution in [0.25, 0.3) is 21.8 Å². The largest absolute Gasteiger partial charge is 0.355 e. The number of benzene rings is 4. The molecule has 0 atom stereocenters. The van der Waals surface area contributed by atoms with Crippen LogP contribution in [0.4, 0.5) is 0 Å². The predicted octanol–water partition coefficient (Wildman–Crippen LogP) is 4.98. The van der Waals surface area contributed by atoms with Gasteiger partial charge in [0.05, 0.1) is 0 Å². The van der Waals surface area contributed by atoms with Gasteiger partial charge in [-0.05, 0) is 23.1 Å². The summed E-state index contributed by atoms with van der Waals surface area (Å²) in [5, 5.41) is 3.20. The van der Waals surface area contributed by atoms with E-state index in [4.69, 9.17) is 11.6 Å². The summed E-state index contributed by atoms with van der Waals surface area (Å²) < 4.78 is 0. The summed E-state index contributed by atoms with van der Waals surface area (Å²) in [5.74, 6) is 0. The average molecular weight is 535 g/mol. The Morgan fingerprint density at radius 3 is 1.73 bits per heavy atom. The number of hydrogen-bond acceptors (Lipinski definition) is 0. The lowest BCUT2D eigenvalue weighted by Crippen LogP contribution is -2.37. The van der Waals surface area contributed by atoms with Gasteiger partial charge < -0.3 is 4.98 Å². The standard InChI is InChI=1S/C24H16B2Br2ClN/c27-25(16-7-2-1-3-8-16)21-13-5-11-19-20-12-6-14-22(24(20)30-23(19)21)26(28)17-9-4-10-18(29)15-17/h1-15,30H. The van der Waals surface area contributed by atoms with Crippen LogP contribution < -0.4 is 21.9 Å². The molecule has 0 unspecified atom stereocenters. The summed E-state index contributed by atoms with van der Waals surface area (Å²) in [4.78, 5) is 3.74. The van der Waals surface area contributed by atoms with E-state index in [-0.39, 0.29) is 11.1 Å². The molecule has 30 heavy (non-hydrogen) atoms. The van der Waals surface area contributed by atoms with Crippen molar-refractivity contribution in [1.82, 2.24) is 4.98 Å². The molecule has 0 aliphatic carbocycles. The Kier molecular flexibility index (Phi) is 5.53. The highest BCUT2D eigenvalue weighted by Crippen LogP contribution is 2.25. The van der Waals surface area contributed by atoms with Gasteiger partial charge in [-0.15, -0.1) is 31.5 Å². The van der Waals surface area contributed by atoms with Gasteiger partial charge in [-0.3, -0.25) is 0 Å². The number of aromatic nitrogens is 1. The van der Waals surface area contributed by atoms with E-state index in [1.807, 2.05) is 24.3 Å². The highest BCUT2D eigenvalue weighted by Gasteiger charge is 2.23. The van der Waals surface area contributed by atoms with Gasteiger partial charge in [0, 0.05) is 26.8 Å². The summed E-state index contributed by atoms with van der Waals surface area (Å²) in [5.41, 5.74) is 7.28. The summed E-state index contributed by atoms with van der Waals surface area (Å²) in [7, 11) is 0. The molecule has 5 aromatic rings. The monoisotopic (exact) mass is 533 g/mol. The van der Waals surface area contributed by atoms with E-state index in [1.54, 1.807) is 0 Å². The van der Waals surface area contributed by atoms with Crippen LogP contribution in [0.5, 0.6) is 0 Å². The minimum absolute atomic E-state index is 0.0466. The predicted molar refractivity (Wildman–Crippen MR) is 142 cm³/mol. The normalized spacial score (nSPS) is 11.2. The molecule has 0 amide bonds. The first-order valence-corrected chi connectivity index (χ1v) is 12.0. The molecule has 144 valence electrons. The minimum Gasteiger partial charge on any atom is -0.355 e. The van der Waals surface area contributed by atoms with Gasteiger partial charge in [0.15, 0.2) is 0 Å². The van der Waals surface area contributed by atoms with Crippen LogP contribution in [0.3, 0.4) is 0 Å². The first kappa shape index (κ1) is 20.0. The molecular formula is C24H16B2Br2ClN. The zero-order valence-corrected chi connectivity index (χ0v) is 19.9. The number of rotatable bonds is 4. The lowest BCUT2D eigenvalue weighted by molar-refractivity contribution is 1.57. The van der Waals surface area contributed by atoms with Crippen LogP contribution in [-0.2, 0) is 0 Å². The Balaban J connectivity index is 1.69. The molecule has 1 N–H and O–H groups in total. The van der Waals surface area contributed by atoms with Crippen LogP contribution >= 0.6 is 43.1 Å². The van der Waals surface area contributed by atoms with E-state index in [0.29, 0.717) is 0 Å². The molecule has 4 aromatic carbocycles. The number of halogens is 3. The zero-order valence-electron chi connectivity index (χ0n) is 15.9. The molecule has 0 aliphatic heterocycles. The highest BCUT2D eigenvalue weighted by molar-refractivity contribution is 9.25. The Morgan fingerprint density at radius 1 is 0.600 bits per heavy atom. The zero-order chi connectivity index (χ0) is 20.7. The Labute approximate surface area is 197 Å². The molecule has 0 bridgehead atoms. The van der Waals surface area contributed by atoms with E-state index in [9.17, 15) is 0 Å². The third kappa shape index (κ3) is 3.53.